The number of guanidine groups is 1. The number of aliphatic hydroxyl groups excluding tert-OH is 3. The molecule has 3 heterocycles. The van der Waals surface area contributed by atoms with Crippen LogP contribution >= 0.6 is 0 Å². The summed E-state index contributed by atoms with van der Waals surface area (Å²) in [4.78, 5) is 18.1. The van der Waals surface area contributed by atoms with Gasteiger partial charge in [0.25, 0.3) is 0 Å². The highest BCUT2D eigenvalue weighted by Crippen LogP contribution is 2.44. The number of nitrogens with zero attached hydrogens (tertiary/aromatic N) is 1. The average molecular weight is 986 g/mol. The first kappa shape index (κ1) is 51.9. The Bertz CT molecular complexity index is 2500. The van der Waals surface area contributed by atoms with Crippen LogP contribution in [0.4, 0.5) is 0 Å². The van der Waals surface area contributed by atoms with Crippen LogP contribution in [0.15, 0.2) is 71.7 Å². The number of carbonyl (C=O) groups excluding carboxylic acids is 1. The molecule has 9 rings (SSSR count). The van der Waals surface area contributed by atoms with Crippen molar-refractivity contribution in [2.45, 2.75) is 177 Å². The first-order valence-corrected chi connectivity index (χ1v) is 27.1. The third kappa shape index (κ3) is 12.3. The number of phenolic OH excluding ortho intramolecular Hbond substituents is 1. The Hall–Kier alpha value is -4.94. The number of fused-ring (bicyclic) bond motifs is 7. The number of hydrogen-bond acceptors (Lipinski definition) is 13. The molecular formula is C59H79N5O8. The van der Waals surface area contributed by atoms with Gasteiger partial charge in [0.05, 0.1) is 23.7 Å². The number of phenols is 1. The molecule has 3 aromatic carbocycles. The minimum atomic E-state index is -1.92. The fourth-order valence-electron chi connectivity index (χ4n) is 13.2. The van der Waals surface area contributed by atoms with Gasteiger partial charge < -0.3 is 56.7 Å². The summed E-state index contributed by atoms with van der Waals surface area (Å²) in [6, 6.07) is 18.5. The molecule has 3 aromatic rings. The smallest absolute Gasteiger partial charge is 0.302 e. The van der Waals surface area contributed by atoms with Gasteiger partial charge in [-0.05, 0) is 137 Å². The molecule has 10 atom stereocenters. The van der Waals surface area contributed by atoms with E-state index in [2.05, 4.69) is 77.2 Å². The van der Waals surface area contributed by atoms with Crippen molar-refractivity contribution in [1.82, 2.24) is 16.0 Å². The normalized spacial score (nSPS) is 31.7. The number of aliphatic hydroxyl groups is 4. The van der Waals surface area contributed by atoms with Crippen molar-refractivity contribution in [2.24, 2.45) is 28.0 Å². The predicted molar refractivity (Wildman–Crippen MR) is 279 cm³/mol. The number of esters is 1. The van der Waals surface area contributed by atoms with E-state index >= 15 is 0 Å². The van der Waals surface area contributed by atoms with Crippen molar-refractivity contribution in [1.29, 1.82) is 0 Å². The van der Waals surface area contributed by atoms with E-state index in [-0.39, 0.29) is 59.8 Å². The van der Waals surface area contributed by atoms with Crippen molar-refractivity contribution >= 4 is 11.9 Å². The highest BCUT2D eigenvalue weighted by molar-refractivity contribution is 5.78. The van der Waals surface area contributed by atoms with Gasteiger partial charge in [0.1, 0.15) is 12.2 Å². The number of hydrogen-bond donors (Lipinski definition) is 9. The van der Waals surface area contributed by atoms with Gasteiger partial charge in [-0.3, -0.25) is 9.79 Å². The first-order valence-electron chi connectivity index (χ1n) is 27.1. The second-order valence-electron chi connectivity index (χ2n) is 22.3. The Balaban J connectivity index is 1.15. The number of rotatable bonds is 5. The van der Waals surface area contributed by atoms with Crippen LogP contribution in [-0.2, 0) is 28.8 Å². The second-order valence-corrected chi connectivity index (χ2v) is 22.3. The van der Waals surface area contributed by atoms with E-state index in [1.54, 1.807) is 6.07 Å². The number of nitrogens with one attached hydrogen (secondary N) is 3. The summed E-state index contributed by atoms with van der Waals surface area (Å²) >= 11 is 0. The van der Waals surface area contributed by atoms with E-state index in [1.807, 2.05) is 12.2 Å². The minimum absolute atomic E-state index is 0.0259. The maximum absolute atomic E-state index is 13.0. The monoisotopic (exact) mass is 986 g/mol. The lowest BCUT2D eigenvalue weighted by Gasteiger charge is -2.43. The van der Waals surface area contributed by atoms with Gasteiger partial charge in [0, 0.05) is 61.7 Å². The Labute approximate surface area is 426 Å². The summed E-state index contributed by atoms with van der Waals surface area (Å²) in [7, 11) is 0. The van der Waals surface area contributed by atoms with Crippen molar-refractivity contribution < 1.29 is 39.8 Å². The number of aryl methyl sites for hydroxylation is 1. The molecule has 3 aliphatic carbocycles. The van der Waals surface area contributed by atoms with E-state index in [0.717, 1.165) is 32.2 Å². The van der Waals surface area contributed by atoms with Crippen LogP contribution in [-0.4, -0.2) is 99.6 Å². The Morgan fingerprint density at radius 1 is 0.986 bits per heavy atom. The molecule has 1 saturated carbocycles. The van der Waals surface area contributed by atoms with Gasteiger partial charge in [-0.1, -0.05) is 97.7 Å². The lowest BCUT2D eigenvalue weighted by atomic mass is 9.66. The quantitative estimate of drug-likeness (QED) is 0.0560. The van der Waals surface area contributed by atoms with E-state index in [9.17, 15) is 30.3 Å². The molecule has 2 fully saturated rings. The average Bonchev–Trinajstić information content (AvgIpc) is 3.35. The van der Waals surface area contributed by atoms with E-state index < -0.39 is 53.9 Å². The summed E-state index contributed by atoms with van der Waals surface area (Å²) in [5.41, 5.74) is 12.6. The molecule has 0 amide bonds. The van der Waals surface area contributed by atoms with Gasteiger partial charge in [-0.2, -0.15) is 0 Å². The fraction of sp³-hybridized carbons (Fsp3) is 0.593. The summed E-state index contributed by atoms with van der Waals surface area (Å²) in [6.07, 6.45) is 11.8. The Morgan fingerprint density at radius 2 is 1.83 bits per heavy atom. The fourth-order valence-corrected chi connectivity index (χ4v) is 13.2. The maximum atomic E-state index is 13.0. The van der Waals surface area contributed by atoms with Gasteiger partial charge in [0.15, 0.2) is 23.7 Å². The number of carbonyl (C=O) groups is 1. The molecule has 2 spiro atoms. The van der Waals surface area contributed by atoms with E-state index in [1.165, 1.54) is 72.9 Å². The molecule has 3 aliphatic heterocycles. The van der Waals surface area contributed by atoms with Crippen LogP contribution in [0, 0.1) is 36.0 Å². The zero-order valence-corrected chi connectivity index (χ0v) is 42.5. The Morgan fingerprint density at radius 3 is 2.65 bits per heavy atom. The molecule has 8 bridgehead atoms. The summed E-state index contributed by atoms with van der Waals surface area (Å²) in [5, 5.41) is 68.4. The van der Waals surface area contributed by atoms with Crippen LogP contribution in [0.2, 0.25) is 0 Å². The summed E-state index contributed by atoms with van der Waals surface area (Å²) in [5.74, 6) is 6.80. The molecule has 72 heavy (non-hydrogen) atoms. The molecule has 10 N–H and O–H groups in total. The minimum Gasteiger partial charge on any atom is -0.504 e. The van der Waals surface area contributed by atoms with Crippen molar-refractivity contribution in [2.75, 3.05) is 26.2 Å². The van der Waals surface area contributed by atoms with E-state index in [4.69, 9.17) is 20.2 Å². The van der Waals surface area contributed by atoms with Gasteiger partial charge in [0.2, 0.25) is 0 Å². The van der Waals surface area contributed by atoms with Gasteiger partial charge in [-0.15, -0.1) is 0 Å². The topological polar surface area (TPSA) is 211 Å². The standard InChI is InChI=1S/C59H79N5O8/c1-37-25-40(28-44(26-37)41-10-4-3-5-11-41)29-46-35-62-57(60)64-54-14-7-15-55(68)59(54)21-16-42-13-8-20-58(36-61-23-18-39-9-6-12-43(46)27-39)34-48(19-24-63-58)72-53-31-45(50(56(69)70)33-51(53)67)30-49(42)52(71-38(2)65)32-47(66)17-22-59/h6-7,9,12,14,25-28,31,33,41-42,46-49,52,54-56,61,63,66-70H,3-5,8,10-11,13,15,17-20,22-24,29-30,32,34-36H2,1-2H3,(H3,60,62,64). The SMILES string of the molecule is CC(=O)OC1CC(O)CCC23C#CC4CCCC5(CNCCc6cccc(c6)C(Cc6cc(C)cc(C7CCCCC7)c6)CN=C(N)NC2C=CCC3O)CC(CCN5)Oc2cc(c(C(O)O)cc2O)CC41. The Kier molecular flexibility index (Phi) is 16.7. The first-order chi connectivity index (χ1) is 34.7. The van der Waals surface area contributed by atoms with Crippen LogP contribution < -0.4 is 26.4 Å². The largest absolute Gasteiger partial charge is 0.504 e. The molecule has 388 valence electrons. The third-order valence-electron chi connectivity index (χ3n) is 17.0. The molecule has 0 radical (unpaired) electrons. The van der Waals surface area contributed by atoms with Crippen molar-refractivity contribution in [3.05, 3.63) is 106 Å². The number of piperidine rings is 1. The molecule has 6 aliphatic rings. The molecule has 13 heteroatoms. The predicted octanol–water partition coefficient (Wildman–Crippen LogP) is 6.79. The van der Waals surface area contributed by atoms with Crippen molar-refractivity contribution in [3.8, 4) is 23.3 Å². The van der Waals surface area contributed by atoms with Gasteiger partial charge >= 0.3 is 5.97 Å². The highest BCUT2D eigenvalue weighted by Gasteiger charge is 2.47. The second kappa shape index (κ2) is 23.1. The zero-order valence-electron chi connectivity index (χ0n) is 42.5. The molecule has 10 unspecified atom stereocenters. The molecule has 13 nitrogen and oxygen atoms in total. The van der Waals surface area contributed by atoms with Crippen LogP contribution in [0.25, 0.3) is 0 Å². The van der Waals surface area contributed by atoms with E-state index in [0.29, 0.717) is 63.2 Å². The summed E-state index contributed by atoms with van der Waals surface area (Å²) < 4.78 is 12.8. The summed E-state index contributed by atoms with van der Waals surface area (Å²) in [6.45, 7) is 6.12. The molecular weight excluding hydrogens is 907 g/mol. The van der Waals surface area contributed by atoms with Gasteiger partial charge in [-0.25, -0.2) is 0 Å². The number of benzene rings is 3. The lowest BCUT2D eigenvalue weighted by Crippen LogP contribution is -2.59. The van der Waals surface area contributed by atoms with Crippen LogP contribution in [0.1, 0.15) is 154 Å². The molecule has 1 saturated heterocycles. The molecule has 0 aromatic heterocycles. The maximum Gasteiger partial charge on any atom is 0.302 e. The number of ether oxygens (including phenoxy) is 2. The van der Waals surface area contributed by atoms with Crippen LogP contribution in [0.5, 0.6) is 11.5 Å². The van der Waals surface area contributed by atoms with Crippen LogP contribution in [0.3, 0.4) is 0 Å². The number of aliphatic imine (C=N–C) groups is 1. The third-order valence-corrected chi connectivity index (χ3v) is 17.0. The highest BCUT2D eigenvalue weighted by atomic mass is 16.5. The number of nitrogens with two attached hydrogens (primary N) is 1. The lowest BCUT2D eigenvalue weighted by molar-refractivity contribution is -0.152. The number of aromatic hydroxyl groups is 1. The van der Waals surface area contributed by atoms with Crippen molar-refractivity contribution in [3.63, 3.8) is 0 Å². The zero-order chi connectivity index (χ0) is 50.4.